The minimum atomic E-state index is -0.0125. The van der Waals surface area contributed by atoms with Crippen LogP contribution in [-0.4, -0.2) is 41.3 Å². The third-order valence-corrected chi connectivity index (χ3v) is 6.26. The lowest BCUT2D eigenvalue weighted by atomic mass is 9.99. The number of likely N-dealkylation sites (tertiary alicyclic amines) is 1. The van der Waals surface area contributed by atoms with Crippen LogP contribution in [0.3, 0.4) is 0 Å². The zero-order valence-corrected chi connectivity index (χ0v) is 16.6. The molecule has 5 nitrogen and oxygen atoms in total. The van der Waals surface area contributed by atoms with Gasteiger partial charge in [-0.25, -0.2) is 4.98 Å². The summed E-state index contributed by atoms with van der Waals surface area (Å²) in [5.74, 6) is 0.876. The maximum atomic E-state index is 12.6. The number of ether oxygens (including phenoxy) is 1. The smallest absolute Gasteiger partial charge is 0.260 e. The van der Waals surface area contributed by atoms with Crippen LogP contribution in [0.2, 0.25) is 0 Å². The van der Waals surface area contributed by atoms with Crippen molar-refractivity contribution in [3.63, 3.8) is 0 Å². The van der Waals surface area contributed by atoms with Crippen LogP contribution >= 0.6 is 11.3 Å². The summed E-state index contributed by atoms with van der Waals surface area (Å²) in [6, 6.07) is 15.0. The number of para-hydroxylation sites is 1. The molecular weight excluding hydrogens is 372 g/mol. The Hall–Kier alpha value is -2.73. The number of thiazole rings is 1. The van der Waals surface area contributed by atoms with Crippen molar-refractivity contribution in [1.29, 1.82) is 0 Å². The highest BCUT2D eigenvalue weighted by molar-refractivity contribution is 7.18. The zero-order valence-electron chi connectivity index (χ0n) is 15.8. The van der Waals surface area contributed by atoms with Crippen molar-refractivity contribution >= 4 is 33.2 Å². The number of ketones is 1. The average molecular weight is 394 g/mol. The van der Waals surface area contributed by atoms with Gasteiger partial charge in [0.25, 0.3) is 5.91 Å². The molecule has 2 aromatic carbocycles. The second kappa shape index (κ2) is 8.10. The fourth-order valence-corrected chi connectivity index (χ4v) is 4.59. The van der Waals surface area contributed by atoms with E-state index in [4.69, 9.17) is 9.72 Å². The van der Waals surface area contributed by atoms with Crippen LogP contribution in [-0.2, 0) is 4.79 Å². The van der Waals surface area contributed by atoms with Crippen LogP contribution < -0.4 is 4.74 Å². The molecule has 0 bridgehead atoms. The van der Waals surface area contributed by atoms with Gasteiger partial charge in [0.1, 0.15) is 5.75 Å². The van der Waals surface area contributed by atoms with E-state index in [0.717, 1.165) is 29.9 Å². The molecule has 0 aliphatic carbocycles. The average Bonchev–Trinajstić information content (AvgIpc) is 3.17. The Bertz CT molecular complexity index is 963. The fraction of sp³-hybridized carbons (Fsp3) is 0.318. The SMILES string of the molecule is CC(=O)c1ccc(OCC(=O)N2CCC[C@@H](c3nc4ccccc4s3)C2)cc1. The van der Waals surface area contributed by atoms with Gasteiger partial charge in [0.15, 0.2) is 12.4 Å². The third kappa shape index (κ3) is 4.07. The van der Waals surface area contributed by atoms with Crippen molar-refractivity contribution in [2.45, 2.75) is 25.7 Å². The number of rotatable bonds is 5. The highest BCUT2D eigenvalue weighted by Crippen LogP contribution is 2.33. The number of nitrogens with zero attached hydrogens (tertiary/aromatic N) is 2. The van der Waals surface area contributed by atoms with Gasteiger partial charge in [-0.05, 0) is 56.2 Å². The van der Waals surface area contributed by atoms with E-state index in [0.29, 0.717) is 17.9 Å². The second-order valence-electron chi connectivity index (χ2n) is 7.07. The molecule has 1 aromatic heterocycles. The summed E-state index contributed by atoms with van der Waals surface area (Å²) in [7, 11) is 0. The standard InChI is InChI=1S/C22H22N2O3S/c1-15(25)16-8-10-18(11-9-16)27-14-21(26)24-12-4-5-17(13-24)22-23-19-6-2-3-7-20(19)28-22/h2-3,6-11,17H,4-5,12-14H2,1H3/t17-/m1/s1. The molecule has 0 saturated carbocycles. The van der Waals surface area contributed by atoms with E-state index in [1.807, 2.05) is 23.1 Å². The Morgan fingerprint density at radius 1 is 1.18 bits per heavy atom. The minimum absolute atomic E-state index is 0.00594. The monoisotopic (exact) mass is 394 g/mol. The molecule has 4 rings (SSSR count). The zero-order chi connectivity index (χ0) is 19.5. The minimum Gasteiger partial charge on any atom is -0.484 e. The highest BCUT2D eigenvalue weighted by Gasteiger charge is 2.27. The summed E-state index contributed by atoms with van der Waals surface area (Å²) >= 11 is 1.72. The van der Waals surface area contributed by atoms with Crippen LogP contribution in [0, 0.1) is 0 Å². The molecule has 6 heteroatoms. The van der Waals surface area contributed by atoms with Crippen molar-refractivity contribution in [2.24, 2.45) is 0 Å². The second-order valence-corrected chi connectivity index (χ2v) is 8.13. The Morgan fingerprint density at radius 2 is 1.96 bits per heavy atom. The Labute approximate surface area is 168 Å². The first-order valence-electron chi connectivity index (χ1n) is 9.47. The molecule has 3 aromatic rings. The predicted molar refractivity (Wildman–Crippen MR) is 110 cm³/mol. The molecule has 144 valence electrons. The molecule has 0 spiro atoms. The third-order valence-electron chi connectivity index (χ3n) is 5.06. The van der Waals surface area contributed by atoms with E-state index in [9.17, 15) is 9.59 Å². The van der Waals surface area contributed by atoms with Gasteiger partial charge in [-0.1, -0.05) is 12.1 Å². The molecule has 0 N–H and O–H groups in total. The largest absolute Gasteiger partial charge is 0.484 e. The lowest BCUT2D eigenvalue weighted by Crippen LogP contribution is -2.41. The van der Waals surface area contributed by atoms with E-state index in [1.54, 1.807) is 35.6 Å². The van der Waals surface area contributed by atoms with Crippen molar-refractivity contribution in [3.05, 3.63) is 59.1 Å². The van der Waals surface area contributed by atoms with Crippen LogP contribution in [0.15, 0.2) is 48.5 Å². The Morgan fingerprint density at radius 3 is 2.71 bits per heavy atom. The van der Waals surface area contributed by atoms with Crippen molar-refractivity contribution < 1.29 is 14.3 Å². The molecule has 0 unspecified atom stereocenters. The topological polar surface area (TPSA) is 59.5 Å². The number of carbonyl (C=O) groups is 2. The molecule has 28 heavy (non-hydrogen) atoms. The van der Waals surface area contributed by atoms with Crippen LogP contribution in [0.1, 0.15) is 41.0 Å². The van der Waals surface area contributed by atoms with Crippen LogP contribution in [0.5, 0.6) is 5.75 Å². The molecule has 1 amide bonds. The van der Waals surface area contributed by atoms with Gasteiger partial charge in [0.05, 0.1) is 15.2 Å². The van der Waals surface area contributed by atoms with Crippen molar-refractivity contribution in [2.75, 3.05) is 19.7 Å². The predicted octanol–water partition coefficient (Wildman–Crippen LogP) is 4.28. The number of amides is 1. The summed E-state index contributed by atoms with van der Waals surface area (Å²) in [5.41, 5.74) is 1.66. The lowest BCUT2D eigenvalue weighted by Gasteiger charge is -2.31. The van der Waals surface area contributed by atoms with Crippen LogP contribution in [0.4, 0.5) is 0 Å². The number of fused-ring (bicyclic) bond motifs is 1. The molecule has 1 aliphatic heterocycles. The molecule has 2 heterocycles. The van der Waals surface area contributed by atoms with Gasteiger partial charge >= 0.3 is 0 Å². The van der Waals surface area contributed by atoms with Gasteiger partial charge < -0.3 is 9.64 Å². The van der Waals surface area contributed by atoms with Gasteiger partial charge in [-0.15, -0.1) is 11.3 Å². The molecule has 0 radical (unpaired) electrons. The van der Waals surface area contributed by atoms with E-state index < -0.39 is 0 Å². The summed E-state index contributed by atoms with van der Waals surface area (Å²) in [4.78, 5) is 30.6. The number of piperidine rings is 1. The Kier molecular flexibility index (Phi) is 5.39. The molecule has 1 atom stereocenters. The summed E-state index contributed by atoms with van der Waals surface area (Å²) in [6.07, 6.45) is 2.02. The number of benzene rings is 2. The fourth-order valence-electron chi connectivity index (χ4n) is 3.49. The van der Waals surface area contributed by atoms with Crippen molar-refractivity contribution in [1.82, 2.24) is 9.88 Å². The van der Waals surface area contributed by atoms with Crippen molar-refractivity contribution in [3.8, 4) is 5.75 Å². The van der Waals surface area contributed by atoms with Gasteiger partial charge in [-0.2, -0.15) is 0 Å². The number of hydrogen-bond acceptors (Lipinski definition) is 5. The first-order chi connectivity index (χ1) is 13.6. The summed E-state index contributed by atoms with van der Waals surface area (Å²) in [6.45, 7) is 2.97. The van der Waals surface area contributed by atoms with Gasteiger partial charge in [-0.3, -0.25) is 9.59 Å². The molecule has 1 aliphatic rings. The van der Waals surface area contributed by atoms with Crippen LogP contribution in [0.25, 0.3) is 10.2 Å². The molecule has 1 saturated heterocycles. The van der Waals surface area contributed by atoms with E-state index >= 15 is 0 Å². The number of hydrogen-bond donors (Lipinski definition) is 0. The summed E-state index contributed by atoms with van der Waals surface area (Å²) < 4.78 is 6.82. The molecular formula is C22H22N2O3S. The van der Waals surface area contributed by atoms with E-state index in [2.05, 4.69) is 6.07 Å². The van der Waals surface area contributed by atoms with Gasteiger partial charge in [0.2, 0.25) is 0 Å². The number of aromatic nitrogens is 1. The highest BCUT2D eigenvalue weighted by atomic mass is 32.1. The maximum absolute atomic E-state index is 12.6. The number of carbonyl (C=O) groups excluding carboxylic acids is 2. The quantitative estimate of drug-likeness (QED) is 0.606. The van der Waals surface area contributed by atoms with E-state index in [1.165, 1.54) is 11.6 Å². The Balaban J connectivity index is 1.37. The first kappa shape index (κ1) is 18.6. The number of Topliss-reactive ketones (excluding diaryl/α,β-unsaturated/α-hetero) is 1. The first-order valence-corrected chi connectivity index (χ1v) is 10.3. The normalized spacial score (nSPS) is 16.9. The van der Waals surface area contributed by atoms with E-state index in [-0.39, 0.29) is 24.2 Å². The molecule has 1 fully saturated rings. The summed E-state index contributed by atoms with van der Waals surface area (Å²) in [5, 5.41) is 1.11. The maximum Gasteiger partial charge on any atom is 0.260 e. The van der Waals surface area contributed by atoms with Gasteiger partial charge in [0, 0.05) is 24.6 Å². The lowest BCUT2D eigenvalue weighted by molar-refractivity contribution is -0.134.